The van der Waals surface area contributed by atoms with Crippen LogP contribution in [0.4, 0.5) is 0 Å². The van der Waals surface area contributed by atoms with Gasteiger partial charge in [0.15, 0.2) is 0 Å². The van der Waals surface area contributed by atoms with Crippen molar-refractivity contribution in [1.29, 1.82) is 5.26 Å². The number of hydrogen-bond acceptors (Lipinski definition) is 3. The van der Waals surface area contributed by atoms with Crippen LogP contribution < -0.4 is 5.32 Å². The van der Waals surface area contributed by atoms with Crippen molar-refractivity contribution < 1.29 is 5.11 Å². The normalized spacial score (nSPS) is 22.0. The first kappa shape index (κ1) is 12.9. The first-order valence-corrected chi connectivity index (χ1v) is 6.76. The van der Waals surface area contributed by atoms with Crippen molar-refractivity contribution in [2.75, 3.05) is 0 Å². The molecule has 2 aromatic carbocycles. The van der Waals surface area contributed by atoms with Gasteiger partial charge in [0.1, 0.15) is 6.04 Å². The average Bonchev–Trinajstić information content (AvgIpc) is 2.81. The largest absolute Gasteiger partial charge is 0.391 e. The third-order valence-corrected chi connectivity index (χ3v) is 3.81. The number of fused-ring (bicyclic) bond motifs is 1. The Bertz CT molecular complexity index is 633. The average molecular weight is 264 g/mol. The molecule has 3 atom stereocenters. The monoisotopic (exact) mass is 264 g/mol. The van der Waals surface area contributed by atoms with Gasteiger partial charge in [0.2, 0.25) is 0 Å². The Labute approximate surface area is 118 Å². The van der Waals surface area contributed by atoms with Crippen LogP contribution in [0.5, 0.6) is 0 Å². The van der Waals surface area contributed by atoms with E-state index in [0.717, 1.165) is 16.7 Å². The van der Waals surface area contributed by atoms with Gasteiger partial charge in [-0.05, 0) is 16.7 Å². The summed E-state index contributed by atoms with van der Waals surface area (Å²) in [6.45, 7) is 0. The Morgan fingerprint density at radius 1 is 1.10 bits per heavy atom. The molecule has 0 spiro atoms. The van der Waals surface area contributed by atoms with Crippen molar-refractivity contribution in [3.63, 3.8) is 0 Å². The SMILES string of the molecule is N#C[C@H](N[C@@H]1c2ccccc2C[C@@H]1O)c1ccccc1. The van der Waals surface area contributed by atoms with Crippen LogP contribution in [0.1, 0.15) is 28.8 Å². The topological polar surface area (TPSA) is 56.0 Å². The minimum absolute atomic E-state index is 0.184. The lowest BCUT2D eigenvalue weighted by Crippen LogP contribution is -2.31. The fourth-order valence-corrected chi connectivity index (χ4v) is 2.81. The number of nitriles is 1. The van der Waals surface area contributed by atoms with Gasteiger partial charge in [0.05, 0.1) is 18.2 Å². The highest BCUT2D eigenvalue weighted by molar-refractivity contribution is 5.37. The van der Waals surface area contributed by atoms with E-state index in [4.69, 9.17) is 0 Å². The maximum Gasteiger partial charge on any atom is 0.121 e. The van der Waals surface area contributed by atoms with E-state index >= 15 is 0 Å². The lowest BCUT2D eigenvalue weighted by atomic mass is 10.0. The van der Waals surface area contributed by atoms with Crippen molar-refractivity contribution in [3.8, 4) is 6.07 Å². The Hall–Kier alpha value is -2.15. The highest BCUT2D eigenvalue weighted by Crippen LogP contribution is 2.33. The number of hydrogen-bond donors (Lipinski definition) is 2. The maximum absolute atomic E-state index is 10.2. The molecule has 1 aliphatic carbocycles. The summed E-state index contributed by atoms with van der Waals surface area (Å²) in [5.41, 5.74) is 3.17. The summed E-state index contributed by atoms with van der Waals surface area (Å²) in [4.78, 5) is 0. The lowest BCUT2D eigenvalue weighted by Gasteiger charge is -2.21. The molecule has 0 heterocycles. The van der Waals surface area contributed by atoms with Gasteiger partial charge in [-0.1, -0.05) is 54.6 Å². The third kappa shape index (κ3) is 2.32. The second-order valence-corrected chi connectivity index (χ2v) is 5.09. The van der Waals surface area contributed by atoms with Crippen LogP contribution in [-0.2, 0) is 6.42 Å². The molecule has 0 saturated heterocycles. The molecule has 100 valence electrons. The smallest absolute Gasteiger partial charge is 0.121 e. The van der Waals surface area contributed by atoms with Gasteiger partial charge in [-0.3, -0.25) is 5.32 Å². The van der Waals surface area contributed by atoms with Crippen molar-refractivity contribution in [3.05, 3.63) is 71.3 Å². The van der Waals surface area contributed by atoms with Gasteiger partial charge in [0.25, 0.3) is 0 Å². The molecule has 0 unspecified atom stereocenters. The number of nitrogens with zero attached hydrogens (tertiary/aromatic N) is 1. The van der Waals surface area contributed by atoms with E-state index in [1.54, 1.807) is 0 Å². The number of aliphatic hydroxyl groups is 1. The molecule has 0 aliphatic heterocycles. The predicted octanol–water partition coefficient (Wildman–Crippen LogP) is 2.50. The van der Waals surface area contributed by atoms with Gasteiger partial charge < -0.3 is 5.11 Å². The van der Waals surface area contributed by atoms with Crippen molar-refractivity contribution >= 4 is 0 Å². The molecule has 0 aromatic heterocycles. The van der Waals surface area contributed by atoms with Crippen LogP contribution in [0.2, 0.25) is 0 Å². The molecule has 3 nitrogen and oxygen atoms in total. The van der Waals surface area contributed by atoms with Gasteiger partial charge in [-0.15, -0.1) is 0 Å². The van der Waals surface area contributed by atoms with Crippen LogP contribution in [0.25, 0.3) is 0 Å². The molecule has 0 saturated carbocycles. The zero-order valence-corrected chi connectivity index (χ0v) is 11.0. The predicted molar refractivity (Wildman–Crippen MR) is 76.8 cm³/mol. The summed E-state index contributed by atoms with van der Waals surface area (Å²) < 4.78 is 0. The fraction of sp³-hybridized carbons (Fsp3) is 0.235. The van der Waals surface area contributed by atoms with Crippen molar-refractivity contribution in [2.24, 2.45) is 0 Å². The summed E-state index contributed by atoms with van der Waals surface area (Å²) in [6.07, 6.45) is 0.160. The second-order valence-electron chi connectivity index (χ2n) is 5.09. The number of benzene rings is 2. The highest BCUT2D eigenvalue weighted by Gasteiger charge is 2.32. The minimum Gasteiger partial charge on any atom is -0.391 e. The van der Waals surface area contributed by atoms with E-state index in [-0.39, 0.29) is 6.04 Å². The van der Waals surface area contributed by atoms with Crippen LogP contribution in [0, 0.1) is 11.3 Å². The first-order valence-electron chi connectivity index (χ1n) is 6.76. The number of aliphatic hydroxyl groups excluding tert-OH is 1. The fourth-order valence-electron chi connectivity index (χ4n) is 2.81. The lowest BCUT2D eigenvalue weighted by molar-refractivity contribution is 0.138. The molecular formula is C17H16N2O. The molecule has 0 bridgehead atoms. The molecule has 3 heteroatoms. The zero-order valence-electron chi connectivity index (χ0n) is 11.0. The van der Waals surface area contributed by atoms with Crippen LogP contribution in [0.3, 0.4) is 0 Å². The van der Waals surface area contributed by atoms with Gasteiger partial charge >= 0.3 is 0 Å². The molecule has 0 fully saturated rings. The summed E-state index contributed by atoms with van der Waals surface area (Å²) in [7, 11) is 0. The Kier molecular flexibility index (Phi) is 3.51. The van der Waals surface area contributed by atoms with Gasteiger partial charge in [-0.25, -0.2) is 0 Å². The van der Waals surface area contributed by atoms with Crippen LogP contribution in [0.15, 0.2) is 54.6 Å². The van der Waals surface area contributed by atoms with Crippen molar-refractivity contribution in [2.45, 2.75) is 24.6 Å². The standard InChI is InChI=1S/C17H16N2O/c18-11-15(12-6-2-1-3-7-12)19-17-14-9-5-4-8-13(14)10-16(17)20/h1-9,15-17,19-20H,10H2/t15-,16-,17+/m0/s1. The third-order valence-electron chi connectivity index (χ3n) is 3.81. The maximum atomic E-state index is 10.2. The Morgan fingerprint density at radius 2 is 1.80 bits per heavy atom. The molecule has 2 aromatic rings. The van der Waals surface area contributed by atoms with E-state index in [9.17, 15) is 10.4 Å². The summed E-state index contributed by atoms with van der Waals surface area (Å²) >= 11 is 0. The van der Waals surface area contributed by atoms with E-state index < -0.39 is 12.1 Å². The van der Waals surface area contributed by atoms with E-state index in [0.29, 0.717) is 6.42 Å². The van der Waals surface area contributed by atoms with Gasteiger partial charge in [-0.2, -0.15) is 5.26 Å². The quantitative estimate of drug-likeness (QED) is 0.895. The summed E-state index contributed by atoms with van der Waals surface area (Å²) in [5, 5.41) is 22.9. The summed E-state index contributed by atoms with van der Waals surface area (Å²) in [5.74, 6) is 0. The zero-order chi connectivity index (χ0) is 13.9. The Balaban J connectivity index is 1.86. The molecule has 0 radical (unpaired) electrons. The van der Waals surface area contributed by atoms with E-state index in [2.05, 4.69) is 11.4 Å². The van der Waals surface area contributed by atoms with Crippen LogP contribution in [-0.4, -0.2) is 11.2 Å². The molecule has 2 N–H and O–H groups in total. The molecule has 3 rings (SSSR count). The number of rotatable bonds is 3. The van der Waals surface area contributed by atoms with E-state index in [1.807, 2.05) is 54.6 Å². The first-order chi connectivity index (χ1) is 9.79. The highest BCUT2D eigenvalue weighted by atomic mass is 16.3. The van der Waals surface area contributed by atoms with Crippen molar-refractivity contribution in [1.82, 2.24) is 5.32 Å². The van der Waals surface area contributed by atoms with E-state index in [1.165, 1.54) is 0 Å². The number of nitrogens with one attached hydrogen (secondary N) is 1. The van der Waals surface area contributed by atoms with Gasteiger partial charge in [0, 0.05) is 6.42 Å². The molecule has 0 amide bonds. The molecule has 1 aliphatic rings. The minimum atomic E-state index is -0.480. The van der Waals surface area contributed by atoms with Crippen LogP contribution >= 0.6 is 0 Å². The Morgan fingerprint density at radius 3 is 2.55 bits per heavy atom. The molecular weight excluding hydrogens is 248 g/mol. The molecule has 20 heavy (non-hydrogen) atoms. The summed E-state index contributed by atoms with van der Waals surface area (Å²) in [6, 6.07) is 19.3. The second kappa shape index (κ2) is 5.46.